The summed E-state index contributed by atoms with van der Waals surface area (Å²) in [4.78, 5) is 5.23. The summed E-state index contributed by atoms with van der Waals surface area (Å²) >= 11 is 0. The number of hydroxylamine groups is 1. The molecule has 0 bridgehead atoms. The van der Waals surface area contributed by atoms with E-state index in [1.54, 1.807) is 0 Å². The molecule has 0 saturated heterocycles. The maximum Gasteiger partial charge on any atom is 0.137 e. The van der Waals surface area contributed by atoms with Gasteiger partial charge in [0.1, 0.15) is 6.11 Å². The molecule has 31 heavy (non-hydrogen) atoms. The Morgan fingerprint density at radius 1 is 0.355 bits per heavy atom. The monoisotopic (exact) mass is 433 g/mol. The zero-order valence-corrected chi connectivity index (χ0v) is 21.0. The first-order chi connectivity index (χ1) is 15.5. The molecule has 1 rings (SSSR count). The van der Waals surface area contributed by atoms with Gasteiger partial charge < -0.3 is 4.84 Å². The molecule has 0 amide bonds. The molecule has 1 N–H and O–H groups in total. The molecule has 182 valence electrons. The van der Waals surface area contributed by atoms with Gasteiger partial charge in [0.15, 0.2) is 0 Å². The van der Waals surface area contributed by atoms with Gasteiger partial charge in [-0.1, -0.05) is 154 Å². The minimum Gasteiger partial charge on any atom is -0.356 e. The van der Waals surface area contributed by atoms with E-state index in [0.29, 0.717) is 0 Å². The summed E-state index contributed by atoms with van der Waals surface area (Å²) in [7, 11) is 0. The highest BCUT2D eigenvalue weighted by atomic mass is 16.6. The summed E-state index contributed by atoms with van der Waals surface area (Å²) in [5, 5.41) is 0. The maximum atomic E-state index is 5.23. The molecule has 0 aromatic heterocycles. The Kier molecular flexibility index (Phi) is 23.4. The van der Waals surface area contributed by atoms with Crippen molar-refractivity contribution in [1.29, 1.82) is 0 Å². The summed E-state index contributed by atoms with van der Waals surface area (Å²) < 4.78 is 0. The zero-order chi connectivity index (χ0) is 21.9. The molecule has 0 radical (unpaired) electrons. The third-order valence-electron chi connectivity index (χ3n) is 6.78. The predicted octanol–water partition coefficient (Wildman–Crippen LogP) is 9.62. The van der Waals surface area contributed by atoms with Gasteiger partial charge >= 0.3 is 0 Å². The lowest BCUT2D eigenvalue weighted by Gasteiger charge is -2.04. The number of rotatable bonds is 0. The molecule has 0 aliphatic carbocycles. The van der Waals surface area contributed by atoms with E-state index in [9.17, 15) is 0 Å². The summed E-state index contributed by atoms with van der Waals surface area (Å²) in [5.41, 5.74) is 3.00. The van der Waals surface area contributed by atoms with Crippen molar-refractivity contribution in [3.63, 3.8) is 0 Å². The van der Waals surface area contributed by atoms with E-state index in [2.05, 4.69) is 17.5 Å². The fraction of sp³-hybridized carbons (Fsp3) is 0.931. The largest absolute Gasteiger partial charge is 0.356 e. The Labute approximate surface area is 196 Å². The average Bonchev–Trinajstić information content (AvgIpc) is 2.78. The minimum absolute atomic E-state index is 0.925. The third kappa shape index (κ3) is 23.8. The molecule has 0 spiro atoms. The van der Waals surface area contributed by atoms with Crippen molar-refractivity contribution in [2.24, 2.45) is 0 Å². The van der Waals surface area contributed by atoms with Gasteiger partial charge in [0.2, 0.25) is 0 Å². The third-order valence-corrected chi connectivity index (χ3v) is 6.78. The molecular formula is C29H55NO. The molecular weight excluding hydrogens is 378 g/mol. The Bertz CT molecular complexity index is 363. The van der Waals surface area contributed by atoms with E-state index >= 15 is 0 Å². The van der Waals surface area contributed by atoms with Crippen molar-refractivity contribution in [1.82, 2.24) is 5.48 Å². The van der Waals surface area contributed by atoms with Gasteiger partial charge in [0.25, 0.3) is 0 Å². The highest BCUT2D eigenvalue weighted by Gasteiger charge is 1.96. The van der Waals surface area contributed by atoms with Gasteiger partial charge in [-0.05, 0) is 12.8 Å². The summed E-state index contributed by atoms with van der Waals surface area (Å²) in [6.07, 6.45) is 39.2. The van der Waals surface area contributed by atoms with Crippen LogP contribution in [0.5, 0.6) is 0 Å². The highest BCUT2D eigenvalue weighted by Crippen LogP contribution is 2.15. The van der Waals surface area contributed by atoms with Gasteiger partial charge in [-0.2, -0.15) is 0 Å². The van der Waals surface area contributed by atoms with Crippen LogP contribution in [0.2, 0.25) is 0 Å². The van der Waals surface area contributed by atoms with E-state index in [-0.39, 0.29) is 0 Å². The second-order valence-electron chi connectivity index (χ2n) is 9.86. The molecule has 0 fully saturated rings. The molecule has 2 heteroatoms. The topological polar surface area (TPSA) is 21.3 Å². The fourth-order valence-corrected chi connectivity index (χ4v) is 4.65. The van der Waals surface area contributed by atoms with Crippen molar-refractivity contribution in [2.45, 2.75) is 167 Å². The lowest BCUT2D eigenvalue weighted by atomic mass is 10.0. The van der Waals surface area contributed by atoms with Crippen molar-refractivity contribution in [3.8, 4) is 12.0 Å². The number of hydrogen-bond donors (Lipinski definition) is 1. The van der Waals surface area contributed by atoms with Crippen LogP contribution in [0.3, 0.4) is 0 Å². The lowest BCUT2D eigenvalue weighted by Crippen LogP contribution is -2.12. The normalized spacial score (nSPS) is 22.7. The Morgan fingerprint density at radius 2 is 0.645 bits per heavy atom. The second kappa shape index (κ2) is 25.6. The van der Waals surface area contributed by atoms with Crippen LogP contribution in [0.4, 0.5) is 0 Å². The van der Waals surface area contributed by atoms with Crippen molar-refractivity contribution in [2.75, 3.05) is 6.54 Å². The average molecular weight is 434 g/mol. The van der Waals surface area contributed by atoms with E-state index in [1.165, 1.54) is 161 Å². The van der Waals surface area contributed by atoms with E-state index in [0.717, 1.165) is 13.0 Å². The van der Waals surface area contributed by atoms with Crippen LogP contribution in [0.25, 0.3) is 0 Å². The van der Waals surface area contributed by atoms with E-state index < -0.39 is 0 Å². The first-order valence-electron chi connectivity index (χ1n) is 14.4. The van der Waals surface area contributed by atoms with Crippen LogP contribution < -0.4 is 5.48 Å². The lowest BCUT2D eigenvalue weighted by molar-refractivity contribution is 0.155. The second-order valence-corrected chi connectivity index (χ2v) is 9.86. The molecule has 2 nitrogen and oxygen atoms in total. The molecule has 0 aromatic rings. The molecule has 1 aliphatic rings. The van der Waals surface area contributed by atoms with Crippen LogP contribution in [-0.2, 0) is 4.84 Å². The minimum atomic E-state index is 0.925. The smallest absolute Gasteiger partial charge is 0.137 e. The van der Waals surface area contributed by atoms with Crippen molar-refractivity contribution >= 4 is 0 Å². The molecule has 1 aliphatic heterocycles. The Morgan fingerprint density at radius 3 is 1.00 bits per heavy atom. The number of nitrogens with one attached hydrogen (secondary N) is 1. The first kappa shape index (κ1) is 28.4. The SMILES string of the molecule is C1#CONCCCCCCCCCCCCCCCCCCCCCCCCCCC1. The molecule has 1 heterocycles. The van der Waals surface area contributed by atoms with Gasteiger partial charge in [0, 0.05) is 13.0 Å². The first-order valence-corrected chi connectivity index (χ1v) is 14.4. The van der Waals surface area contributed by atoms with Crippen LogP contribution in [0.1, 0.15) is 167 Å². The van der Waals surface area contributed by atoms with Gasteiger partial charge in [-0.15, -0.1) is 5.48 Å². The Balaban J connectivity index is 2.05. The van der Waals surface area contributed by atoms with Crippen molar-refractivity contribution in [3.05, 3.63) is 0 Å². The molecule has 0 saturated carbocycles. The molecule has 0 atom stereocenters. The molecule has 0 unspecified atom stereocenters. The highest BCUT2D eigenvalue weighted by molar-refractivity contribution is 4.90. The fourth-order valence-electron chi connectivity index (χ4n) is 4.65. The predicted molar refractivity (Wildman–Crippen MR) is 137 cm³/mol. The molecule has 0 aromatic carbocycles. The van der Waals surface area contributed by atoms with Gasteiger partial charge in [-0.3, -0.25) is 0 Å². The maximum absolute atomic E-state index is 5.23. The number of hydrogen-bond acceptors (Lipinski definition) is 2. The standard InChI is InChI=1S/C29H55NO/c1-2-4-6-8-10-12-14-16-18-20-22-24-26-28-30-31-29-27-25-23-21-19-17-15-13-11-9-7-5-3-1/h30H,1-26,28H2. The quantitative estimate of drug-likeness (QED) is 0.384. The summed E-state index contributed by atoms with van der Waals surface area (Å²) in [5.74, 6) is 3.13. The summed E-state index contributed by atoms with van der Waals surface area (Å²) in [6, 6.07) is 0. The van der Waals surface area contributed by atoms with Gasteiger partial charge in [0.05, 0.1) is 0 Å². The van der Waals surface area contributed by atoms with Gasteiger partial charge in [-0.25, -0.2) is 0 Å². The summed E-state index contributed by atoms with van der Waals surface area (Å²) in [6.45, 7) is 0.925. The zero-order valence-electron chi connectivity index (χ0n) is 21.0. The van der Waals surface area contributed by atoms with Crippen LogP contribution in [-0.4, -0.2) is 6.54 Å². The van der Waals surface area contributed by atoms with Crippen LogP contribution in [0, 0.1) is 12.0 Å². The van der Waals surface area contributed by atoms with Crippen molar-refractivity contribution < 1.29 is 4.84 Å². The van der Waals surface area contributed by atoms with Crippen LogP contribution >= 0.6 is 0 Å². The van der Waals surface area contributed by atoms with Crippen LogP contribution in [0.15, 0.2) is 0 Å². The van der Waals surface area contributed by atoms with E-state index in [4.69, 9.17) is 4.84 Å². The van der Waals surface area contributed by atoms with E-state index in [1.807, 2.05) is 0 Å². The Hall–Kier alpha value is -0.680.